The average molecular weight is 321 g/mol. The van der Waals surface area contributed by atoms with Crippen molar-refractivity contribution in [2.75, 3.05) is 6.61 Å². The average Bonchev–Trinajstić information content (AvgIpc) is 3.17. The van der Waals surface area contributed by atoms with Gasteiger partial charge in [-0.05, 0) is 35.7 Å². The summed E-state index contributed by atoms with van der Waals surface area (Å²) in [7, 11) is 0. The molecule has 0 aliphatic heterocycles. The largest absolute Gasteiger partial charge is 0.472 e. The maximum atomic E-state index is 12.6. The molecule has 1 unspecified atom stereocenters. The summed E-state index contributed by atoms with van der Waals surface area (Å²) in [6.07, 6.45) is 3.72. The predicted octanol–water partition coefficient (Wildman–Crippen LogP) is 3.80. The van der Waals surface area contributed by atoms with Crippen LogP contribution in [-0.2, 0) is 0 Å². The second-order valence-corrected chi connectivity index (χ2v) is 5.54. The number of hydrogen-bond donors (Lipinski definition) is 2. The molecule has 3 aromatic rings. The molecule has 0 radical (unpaired) electrons. The van der Waals surface area contributed by atoms with Crippen LogP contribution in [0.3, 0.4) is 0 Å². The van der Waals surface area contributed by atoms with Crippen LogP contribution in [0.2, 0.25) is 0 Å². The molecule has 1 heterocycles. The molecule has 4 heteroatoms. The molecule has 122 valence electrons. The van der Waals surface area contributed by atoms with Crippen molar-refractivity contribution in [1.29, 1.82) is 0 Å². The molecule has 1 amide bonds. The fourth-order valence-electron chi connectivity index (χ4n) is 2.65. The van der Waals surface area contributed by atoms with Crippen molar-refractivity contribution >= 4 is 5.91 Å². The lowest BCUT2D eigenvalue weighted by atomic mass is 10.0. The van der Waals surface area contributed by atoms with Crippen LogP contribution >= 0.6 is 0 Å². The molecule has 0 bridgehead atoms. The molecule has 1 aromatic heterocycles. The van der Waals surface area contributed by atoms with Crippen molar-refractivity contribution in [2.24, 2.45) is 0 Å². The Labute approximate surface area is 140 Å². The number of furan rings is 1. The lowest BCUT2D eigenvalue weighted by Crippen LogP contribution is -2.29. The molecule has 0 aliphatic carbocycles. The number of rotatable bonds is 6. The summed E-state index contributed by atoms with van der Waals surface area (Å²) < 4.78 is 5.10. The van der Waals surface area contributed by atoms with Crippen molar-refractivity contribution in [3.63, 3.8) is 0 Å². The highest BCUT2D eigenvalue weighted by atomic mass is 16.3. The third-order valence-electron chi connectivity index (χ3n) is 3.90. The van der Waals surface area contributed by atoms with Crippen LogP contribution in [0, 0.1) is 0 Å². The number of carbonyl (C=O) groups is 1. The monoisotopic (exact) mass is 321 g/mol. The van der Waals surface area contributed by atoms with E-state index in [9.17, 15) is 9.90 Å². The Hall–Kier alpha value is -2.85. The van der Waals surface area contributed by atoms with Gasteiger partial charge in [-0.2, -0.15) is 0 Å². The van der Waals surface area contributed by atoms with Crippen molar-refractivity contribution < 1.29 is 14.3 Å². The fourth-order valence-corrected chi connectivity index (χ4v) is 2.65. The second kappa shape index (κ2) is 7.62. The number of hydrogen-bond acceptors (Lipinski definition) is 3. The minimum absolute atomic E-state index is 0.00883. The van der Waals surface area contributed by atoms with E-state index in [0.717, 1.165) is 16.7 Å². The summed E-state index contributed by atoms with van der Waals surface area (Å²) >= 11 is 0. The Balaban J connectivity index is 1.79. The van der Waals surface area contributed by atoms with E-state index >= 15 is 0 Å². The molecule has 0 spiro atoms. The van der Waals surface area contributed by atoms with Crippen LogP contribution in [-0.4, -0.2) is 17.6 Å². The first-order chi connectivity index (χ1) is 11.8. The lowest BCUT2D eigenvalue weighted by molar-refractivity contribution is 0.0930. The third kappa shape index (κ3) is 3.73. The van der Waals surface area contributed by atoms with E-state index in [1.54, 1.807) is 18.6 Å². The fraction of sp³-hybridized carbons (Fsp3) is 0.150. The molecule has 2 aromatic carbocycles. The van der Waals surface area contributed by atoms with E-state index < -0.39 is 0 Å². The summed E-state index contributed by atoms with van der Waals surface area (Å²) in [5.74, 6) is -0.164. The van der Waals surface area contributed by atoms with Gasteiger partial charge in [0.2, 0.25) is 0 Å². The van der Waals surface area contributed by atoms with Gasteiger partial charge in [0, 0.05) is 17.7 Å². The second-order valence-electron chi connectivity index (χ2n) is 5.54. The van der Waals surface area contributed by atoms with Gasteiger partial charge in [-0.15, -0.1) is 0 Å². The van der Waals surface area contributed by atoms with Gasteiger partial charge in [-0.25, -0.2) is 0 Å². The zero-order valence-electron chi connectivity index (χ0n) is 13.2. The summed E-state index contributed by atoms with van der Waals surface area (Å²) in [4.78, 5) is 12.6. The standard InChI is InChI=1S/C20H19NO3/c22-11-9-19(15-5-2-1-3-6-15)21-20(23)17-8-4-7-16(13-17)18-10-12-24-14-18/h1-8,10,12-14,19,22H,9,11H2,(H,21,23). The Morgan fingerprint density at radius 3 is 2.58 bits per heavy atom. The third-order valence-corrected chi connectivity index (χ3v) is 3.90. The smallest absolute Gasteiger partial charge is 0.251 e. The highest BCUT2D eigenvalue weighted by Gasteiger charge is 2.15. The topological polar surface area (TPSA) is 62.5 Å². The van der Waals surface area contributed by atoms with E-state index in [0.29, 0.717) is 12.0 Å². The zero-order valence-corrected chi connectivity index (χ0v) is 13.2. The van der Waals surface area contributed by atoms with E-state index in [4.69, 9.17) is 4.42 Å². The maximum absolute atomic E-state index is 12.6. The van der Waals surface area contributed by atoms with Crippen molar-refractivity contribution in [3.8, 4) is 11.1 Å². The van der Waals surface area contributed by atoms with E-state index in [-0.39, 0.29) is 18.6 Å². The Kier molecular flexibility index (Phi) is 5.08. The first-order valence-electron chi connectivity index (χ1n) is 7.87. The minimum Gasteiger partial charge on any atom is -0.472 e. The molecule has 0 fully saturated rings. The van der Waals surface area contributed by atoms with Gasteiger partial charge in [-0.1, -0.05) is 42.5 Å². The van der Waals surface area contributed by atoms with Gasteiger partial charge < -0.3 is 14.8 Å². The lowest BCUT2D eigenvalue weighted by Gasteiger charge is -2.18. The molecule has 2 N–H and O–H groups in total. The Morgan fingerprint density at radius 2 is 1.88 bits per heavy atom. The zero-order chi connectivity index (χ0) is 16.8. The number of aliphatic hydroxyl groups is 1. The summed E-state index contributed by atoms with van der Waals surface area (Å²) in [5.41, 5.74) is 3.41. The Morgan fingerprint density at radius 1 is 1.04 bits per heavy atom. The molecule has 24 heavy (non-hydrogen) atoms. The quantitative estimate of drug-likeness (QED) is 0.726. The van der Waals surface area contributed by atoms with Gasteiger partial charge in [0.15, 0.2) is 0 Å². The molecule has 3 rings (SSSR count). The van der Waals surface area contributed by atoms with E-state index in [1.165, 1.54) is 0 Å². The van der Waals surface area contributed by atoms with Crippen LogP contribution < -0.4 is 5.32 Å². The van der Waals surface area contributed by atoms with E-state index in [1.807, 2.05) is 54.6 Å². The van der Waals surface area contributed by atoms with Crippen molar-refractivity contribution in [1.82, 2.24) is 5.32 Å². The molecular formula is C20H19NO3. The molecule has 0 aliphatic rings. The Bertz CT molecular complexity index is 782. The predicted molar refractivity (Wildman–Crippen MR) is 92.5 cm³/mol. The number of carbonyl (C=O) groups excluding carboxylic acids is 1. The highest BCUT2D eigenvalue weighted by molar-refractivity contribution is 5.95. The van der Waals surface area contributed by atoms with Crippen molar-refractivity contribution in [3.05, 3.63) is 84.3 Å². The SMILES string of the molecule is O=C(NC(CCO)c1ccccc1)c1cccc(-c2ccoc2)c1. The van der Waals surface area contributed by atoms with Crippen LogP contribution in [0.25, 0.3) is 11.1 Å². The number of aliphatic hydroxyl groups excluding tert-OH is 1. The first-order valence-corrected chi connectivity index (χ1v) is 7.87. The molecular weight excluding hydrogens is 302 g/mol. The summed E-state index contributed by atoms with van der Waals surface area (Å²) in [6, 6.07) is 18.7. The van der Waals surface area contributed by atoms with Crippen LogP contribution in [0.5, 0.6) is 0 Å². The summed E-state index contributed by atoms with van der Waals surface area (Å²) in [6.45, 7) is 0.00883. The minimum atomic E-state index is -0.221. The normalized spacial score (nSPS) is 11.9. The molecule has 4 nitrogen and oxygen atoms in total. The molecule has 0 saturated carbocycles. The van der Waals surface area contributed by atoms with Gasteiger partial charge >= 0.3 is 0 Å². The highest BCUT2D eigenvalue weighted by Crippen LogP contribution is 2.22. The number of nitrogens with one attached hydrogen (secondary N) is 1. The molecule has 1 atom stereocenters. The van der Waals surface area contributed by atoms with Gasteiger partial charge in [0.25, 0.3) is 5.91 Å². The van der Waals surface area contributed by atoms with Crippen molar-refractivity contribution in [2.45, 2.75) is 12.5 Å². The van der Waals surface area contributed by atoms with Gasteiger partial charge in [0.1, 0.15) is 0 Å². The van der Waals surface area contributed by atoms with Crippen LogP contribution in [0.1, 0.15) is 28.4 Å². The van der Waals surface area contributed by atoms with Crippen LogP contribution in [0.4, 0.5) is 0 Å². The van der Waals surface area contributed by atoms with E-state index in [2.05, 4.69) is 5.32 Å². The van der Waals surface area contributed by atoms with Gasteiger partial charge in [0.05, 0.1) is 18.6 Å². The number of benzene rings is 2. The molecule has 0 saturated heterocycles. The first kappa shape index (κ1) is 16.0. The maximum Gasteiger partial charge on any atom is 0.251 e. The summed E-state index contributed by atoms with van der Waals surface area (Å²) in [5, 5.41) is 12.3. The van der Waals surface area contributed by atoms with Gasteiger partial charge in [-0.3, -0.25) is 4.79 Å². The van der Waals surface area contributed by atoms with Crippen LogP contribution in [0.15, 0.2) is 77.6 Å². The number of amides is 1.